The molecule has 0 saturated carbocycles. The van der Waals surface area contributed by atoms with Crippen molar-refractivity contribution in [2.24, 2.45) is 0 Å². The number of amides is 1. The van der Waals surface area contributed by atoms with Crippen LogP contribution in [0.1, 0.15) is 28.3 Å². The van der Waals surface area contributed by atoms with Crippen molar-refractivity contribution in [2.75, 3.05) is 39.4 Å². The maximum atomic E-state index is 12.2. The zero-order valence-corrected chi connectivity index (χ0v) is 16.8. The minimum Gasteiger partial charge on any atom is -0.379 e. The van der Waals surface area contributed by atoms with E-state index < -0.39 is 0 Å². The van der Waals surface area contributed by atoms with E-state index >= 15 is 0 Å². The number of nitrogens with zero attached hydrogens (tertiary/aromatic N) is 5. The Hall–Kier alpha value is -1.71. The molecule has 3 heterocycles. The minimum atomic E-state index is -0.139. The fourth-order valence-electron chi connectivity index (χ4n) is 2.93. The van der Waals surface area contributed by atoms with Crippen LogP contribution < -0.4 is 5.32 Å². The van der Waals surface area contributed by atoms with E-state index in [0.717, 1.165) is 55.1 Å². The summed E-state index contributed by atoms with van der Waals surface area (Å²) in [6, 6.07) is 1.73. The van der Waals surface area contributed by atoms with Gasteiger partial charge in [0.05, 0.1) is 29.1 Å². The van der Waals surface area contributed by atoms with E-state index in [-0.39, 0.29) is 5.91 Å². The van der Waals surface area contributed by atoms with E-state index in [1.54, 1.807) is 16.9 Å². The molecule has 2 aromatic rings. The molecule has 2 aromatic heterocycles. The number of nitrogens with one attached hydrogen (secondary N) is 1. The SMILES string of the molecule is Cc1nn(Cn2ccc(C(=O)NCCCN3CCOCC3)n2)c(C)c1Br. The van der Waals surface area contributed by atoms with Gasteiger partial charge in [-0.1, -0.05) is 0 Å². The molecule has 0 spiro atoms. The van der Waals surface area contributed by atoms with E-state index in [2.05, 4.69) is 36.3 Å². The Morgan fingerprint density at radius 3 is 2.77 bits per heavy atom. The number of aromatic nitrogens is 4. The highest BCUT2D eigenvalue weighted by atomic mass is 79.9. The standard InChI is InChI=1S/C17H25BrN6O2/c1-13-16(18)14(2)24(20-13)12-23-7-4-15(21-23)17(25)19-5-3-6-22-8-10-26-11-9-22/h4,7H,3,5-6,8-12H2,1-2H3,(H,19,25). The molecule has 0 aromatic carbocycles. The summed E-state index contributed by atoms with van der Waals surface area (Å²) in [6.07, 6.45) is 2.72. The van der Waals surface area contributed by atoms with Crippen molar-refractivity contribution in [1.82, 2.24) is 29.8 Å². The molecule has 142 valence electrons. The smallest absolute Gasteiger partial charge is 0.271 e. The minimum absolute atomic E-state index is 0.139. The van der Waals surface area contributed by atoms with Crippen molar-refractivity contribution < 1.29 is 9.53 Å². The first-order chi connectivity index (χ1) is 12.5. The van der Waals surface area contributed by atoms with E-state index in [1.807, 2.05) is 18.5 Å². The quantitative estimate of drug-likeness (QED) is 0.679. The second-order valence-corrected chi connectivity index (χ2v) is 7.22. The highest BCUT2D eigenvalue weighted by Gasteiger charge is 2.13. The number of carbonyl (C=O) groups excluding carboxylic acids is 1. The van der Waals surface area contributed by atoms with Gasteiger partial charge < -0.3 is 10.1 Å². The fraction of sp³-hybridized carbons (Fsp3) is 0.588. The van der Waals surface area contributed by atoms with Crippen LogP contribution in [0.15, 0.2) is 16.7 Å². The van der Waals surface area contributed by atoms with Gasteiger partial charge in [-0.25, -0.2) is 4.68 Å². The molecule has 1 aliphatic rings. The average molecular weight is 425 g/mol. The third-order valence-corrected chi connectivity index (χ3v) is 5.63. The first-order valence-electron chi connectivity index (χ1n) is 8.86. The summed E-state index contributed by atoms with van der Waals surface area (Å²) in [5.74, 6) is -0.139. The normalized spacial score (nSPS) is 15.3. The maximum absolute atomic E-state index is 12.2. The lowest BCUT2D eigenvalue weighted by molar-refractivity contribution is 0.0374. The predicted octanol–water partition coefficient (Wildman–Crippen LogP) is 1.42. The van der Waals surface area contributed by atoms with Gasteiger partial charge >= 0.3 is 0 Å². The van der Waals surface area contributed by atoms with Crippen LogP contribution in [-0.2, 0) is 11.4 Å². The number of carbonyl (C=O) groups is 1. The van der Waals surface area contributed by atoms with Crippen LogP contribution in [0.3, 0.4) is 0 Å². The topological polar surface area (TPSA) is 77.2 Å². The fourth-order valence-corrected chi connectivity index (χ4v) is 3.22. The van der Waals surface area contributed by atoms with Crippen LogP contribution in [0, 0.1) is 13.8 Å². The summed E-state index contributed by atoms with van der Waals surface area (Å²) in [5.41, 5.74) is 2.40. The molecule has 26 heavy (non-hydrogen) atoms. The van der Waals surface area contributed by atoms with Crippen molar-refractivity contribution in [2.45, 2.75) is 26.9 Å². The Morgan fingerprint density at radius 2 is 2.08 bits per heavy atom. The third-order valence-electron chi connectivity index (χ3n) is 4.49. The summed E-state index contributed by atoms with van der Waals surface area (Å²) in [5, 5.41) is 11.8. The van der Waals surface area contributed by atoms with Crippen LogP contribution >= 0.6 is 15.9 Å². The van der Waals surface area contributed by atoms with Gasteiger partial charge in [-0.2, -0.15) is 10.2 Å². The number of hydrogen-bond acceptors (Lipinski definition) is 5. The van der Waals surface area contributed by atoms with Crippen LogP contribution in [0.4, 0.5) is 0 Å². The lowest BCUT2D eigenvalue weighted by Crippen LogP contribution is -2.38. The van der Waals surface area contributed by atoms with Gasteiger partial charge in [0, 0.05) is 25.8 Å². The molecule has 0 bridgehead atoms. The molecule has 0 unspecified atom stereocenters. The highest BCUT2D eigenvalue weighted by molar-refractivity contribution is 9.10. The molecule has 1 amide bonds. The van der Waals surface area contributed by atoms with Crippen molar-refractivity contribution in [3.8, 4) is 0 Å². The van der Waals surface area contributed by atoms with Gasteiger partial charge in [-0.3, -0.25) is 14.4 Å². The van der Waals surface area contributed by atoms with E-state index in [9.17, 15) is 4.79 Å². The highest BCUT2D eigenvalue weighted by Crippen LogP contribution is 2.19. The second-order valence-electron chi connectivity index (χ2n) is 6.43. The molecule has 9 heteroatoms. The summed E-state index contributed by atoms with van der Waals surface area (Å²) in [4.78, 5) is 14.6. The number of morpholine rings is 1. The van der Waals surface area contributed by atoms with Crippen molar-refractivity contribution in [3.63, 3.8) is 0 Å². The van der Waals surface area contributed by atoms with Gasteiger partial charge in [0.25, 0.3) is 5.91 Å². The number of ether oxygens (including phenoxy) is 1. The molecule has 0 atom stereocenters. The molecule has 1 fully saturated rings. The Bertz CT molecular complexity index is 751. The zero-order chi connectivity index (χ0) is 18.5. The Balaban J connectivity index is 1.46. The van der Waals surface area contributed by atoms with E-state index in [0.29, 0.717) is 18.9 Å². The van der Waals surface area contributed by atoms with Crippen LogP contribution in [0.2, 0.25) is 0 Å². The molecule has 8 nitrogen and oxygen atoms in total. The van der Waals surface area contributed by atoms with Crippen molar-refractivity contribution in [3.05, 3.63) is 33.8 Å². The number of aryl methyl sites for hydroxylation is 1. The third kappa shape index (κ3) is 4.72. The predicted molar refractivity (Wildman–Crippen MR) is 101 cm³/mol. The average Bonchev–Trinajstić information content (AvgIpc) is 3.21. The van der Waals surface area contributed by atoms with Gasteiger partial charge in [0.2, 0.25) is 0 Å². The number of hydrogen-bond donors (Lipinski definition) is 1. The lowest BCUT2D eigenvalue weighted by Gasteiger charge is -2.26. The first-order valence-corrected chi connectivity index (χ1v) is 9.65. The van der Waals surface area contributed by atoms with E-state index in [4.69, 9.17) is 4.74 Å². The Morgan fingerprint density at radius 1 is 1.31 bits per heavy atom. The lowest BCUT2D eigenvalue weighted by atomic mass is 10.3. The molecule has 1 aliphatic heterocycles. The largest absolute Gasteiger partial charge is 0.379 e. The van der Waals surface area contributed by atoms with E-state index in [1.165, 1.54) is 0 Å². The summed E-state index contributed by atoms with van der Waals surface area (Å²) in [6.45, 7) is 9.59. The van der Waals surface area contributed by atoms with Gasteiger partial charge in [0.15, 0.2) is 0 Å². The van der Waals surface area contributed by atoms with Crippen LogP contribution in [0.5, 0.6) is 0 Å². The summed E-state index contributed by atoms with van der Waals surface area (Å²) < 4.78 is 9.91. The van der Waals surface area contributed by atoms with Gasteiger partial charge in [0.1, 0.15) is 12.4 Å². The van der Waals surface area contributed by atoms with Gasteiger partial charge in [-0.15, -0.1) is 0 Å². The number of rotatable bonds is 7. The zero-order valence-electron chi connectivity index (χ0n) is 15.2. The monoisotopic (exact) mass is 424 g/mol. The molecule has 1 N–H and O–H groups in total. The van der Waals surface area contributed by atoms with Crippen LogP contribution in [0.25, 0.3) is 0 Å². The van der Waals surface area contributed by atoms with Crippen molar-refractivity contribution >= 4 is 21.8 Å². The molecule has 3 rings (SSSR count). The summed E-state index contributed by atoms with van der Waals surface area (Å²) >= 11 is 3.52. The molecule has 0 aliphatic carbocycles. The first kappa shape index (κ1) is 19.1. The second kappa shape index (κ2) is 8.79. The summed E-state index contributed by atoms with van der Waals surface area (Å²) in [7, 11) is 0. The Kier molecular flexibility index (Phi) is 6.44. The van der Waals surface area contributed by atoms with Gasteiger partial charge in [-0.05, 0) is 48.8 Å². The van der Waals surface area contributed by atoms with Crippen LogP contribution in [-0.4, -0.2) is 69.8 Å². The molecular weight excluding hydrogens is 400 g/mol. The Labute approximate surface area is 161 Å². The molecule has 0 radical (unpaired) electrons. The number of halogens is 1. The molecule has 1 saturated heterocycles. The van der Waals surface area contributed by atoms with Crippen molar-refractivity contribution in [1.29, 1.82) is 0 Å². The maximum Gasteiger partial charge on any atom is 0.271 e. The molecular formula is C17H25BrN6O2.